The van der Waals surface area contributed by atoms with E-state index in [0.717, 1.165) is 49.7 Å². The SMILES string of the molecule is CCN1CCN(C(=O)c2ccc(NCc3ccc(OC)cc3)cn2)CC1. The van der Waals surface area contributed by atoms with Gasteiger partial charge < -0.3 is 19.9 Å². The summed E-state index contributed by atoms with van der Waals surface area (Å²) < 4.78 is 5.16. The van der Waals surface area contributed by atoms with Crippen LogP contribution in [0.5, 0.6) is 5.75 Å². The van der Waals surface area contributed by atoms with Crippen molar-refractivity contribution >= 4 is 11.6 Å². The molecular formula is C20H26N4O2. The van der Waals surface area contributed by atoms with Crippen LogP contribution in [-0.2, 0) is 6.54 Å². The third kappa shape index (κ3) is 4.52. The molecule has 6 nitrogen and oxygen atoms in total. The Bertz CT molecular complexity index is 708. The average molecular weight is 354 g/mol. The van der Waals surface area contributed by atoms with E-state index in [0.29, 0.717) is 12.2 Å². The van der Waals surface area contributed by atoms with Crippen LogP contribution in [0.15, 0.2) is 42.6 Å². The Morgan fingerprint density at radius 2 is 1.85 bits per heavy atom. The maximum Gasteiger partial charge on any atom is 0.272 e. The fourth-order valence-electron chi connectivity index (χ4n) is 3.00. The first-order valence-corrected chi connectivity index (χ1v) is 9.04. The van der Waals surface area contributed by atoms with Crippen LogP contribution in [0.1, 0.15) is 23.0 Å². The van der Waals surface area contributed by atoms with E-state index in [4.69, 9.17) is 4.74 Å². The lowest BCUT2D eigenvalue weighted by Crippen LogP contribution is -2.48. The van der Waals surface area contributed by atoms with Crippen molar-refractivity contribution in [1.82, 2.24) is 14.8 Å². The summed E-state index contributed by atoms with van der Waals surface area (Å²) in [7, 11) is 1.66. The zero-order valence-corrected chi connectivity index (χ0v) is 15.4. The Labute approximate surface area is 154 Å². The quantitative estimate of drug-likeness (QED) is 0.864. The van der Waals surface area contributed by atoms with Gasteiger partial charge in [-0.15, -0.1) is 0 Å². The van der Waals surface area contributed by atoms with Gasteiger partial charge in [0.15, 0.2) is 0 Å². The van der Waals surface area contributed by atoms with E-state index in [2.05, 4.69) is 22.1 Å². The average Bonchev–Trinajstić information content (AvgIpc) is 2.72. The number of aromatic nitrogens is 1. The summed E-state index contributed by atoms with van der Waals surface area (Å²) >= 11 is 0. The Balaban J connectivity index is 1.53. The number of rotatable bonds is 6. The minimum absolute atomic E-state index is 0.0162. The lowest BCUT2D eigenvalue weighted by Gasteiger charge is -2.33. The van der Waals surface area contributed by atoms with Gasteiger partial charge in [0.1, 0.15) is 11.4 Å². The van der Waals surface area contributed by atoms with E-state index >= 15 is 0 Å². The van der Waals surface area contributed by atoms with Crippen LogP contribution in [0.25, 0.3) is 0 Å². The van der Waals surface area contributed by atoms with E-state index in [1.54, 1.807) is 19.4 Å². The highest BCUT2D eigenvalue weighted by atomic mass is 16.5. The second-order valence-corrected chi connectivity index (χ2v) is 6.36. The molecule has 3 rings (SSSR count). The van der Waals surface area contributed by atoms with E-state index in [1.165, 1.54) is 0 Å². The summed E-state index contributed by atoms with van der Waals surface area (Å²) in [5, 5.41) is 3.32. The molecule has 2 aromatic rings. The number of hydrogen-bond donors (Lipinski definition) is 1. The molecule has 0 saturated carbocycles. The van der Waals surface area contributed by atoms with Crippen LogP contribution in [-0.4, -0.2) is 60.5 Å². The second kappa shape index (κ2) is 8.67. The van der Waals surface area contributed by atoms with Gasteiger partial charge in [0.05, 0.1) is 19.0 Å². The lowest BCUT2D eigenvalue weighted by atomic mass is 10.2. The van der Waals surface area contributed by atoms with Gasteiger partial charge in [0, 0.05) is 32.7 Å². The Hall–Kier alpha value is -2.60. The first kappa shape index (κ1) is 18.2. The second-order valence-electron chi connectivity index (χ2n) is 6.36. The molecule has 6 heteroatoms. The molecule has 2 heterocycles. The molecule has 0 spiro atoms. The zero-order valence-electron chi connectivity index (χ0n) is 15.4. The number of ether oxygens (including phenoxy) is 1. The Kier molecular flexibility index (Phi) is 6.07. The number of nitrogens with one attached hydrogen (secondary N) is 1. The van der Waals surface area contributed by atoms with Gasteiger partial charge in [-0.2, -0.15) is 0 Å². The minimum atomic E-state index is 0.0162. The van der Waals surface area contributed by atoms with Gasteiger partial charge in [-0.3, -0.25) is 4.79 Å². The number of hydrogen-bond acceptors (Lipinski definition) is 5. The number of carbonyl (C=O) groups is 1. The first-order chi connectivity index (χ1) is 12.7. The summed E-state index contributed by atoms with van der Waals surface area (Å²) in [6.07, 6.45) is 1.72. The van der Waals surface area contributed by atoms with Gasteiger partial charge in [-0.1, -0.05) is 19.1 Å². The van der Waals surface area contributed by atoms with E-state index < -0.39 is 0 Å². The molecule has 1 aromatic carbocycles. The number of likely N-dealkylation sites (N-methyl/N-ethyl adjacent to an activating group) is 1. The molecule has 1 amide bonds. The predicted octanol–water partition coefficient (Wildman–Crippen LogP) is 2.48. The van der Waals surface area contributed by atoms with E-state index in [-0.39, 0.29) is 5.91 Å². The van der Waals surface area contributed by atoms with Crippen molar-refractivity contribution in [1.29, 1.82) is 0 Å². The van der Waals surface area contributed by atoms with E-state index in [9.17, 15) is 4.79 Å². The van der Waals surface area contributed by atoms with Crippen LogP contribution < -0.4 is 10.1 Å². The van der Waals surface area contributed by atoms with Crippen molar-refractivity contribution < 1.29 is 9.53 Å². The highest BCUT2D eigenvalue weighted by Gasteiger charge is 2.21. The number of anilines is 1. The van der Waals surface area contributed by atoms with Crippen LogP contribution in [0.3, 0.4) is 0 Å². The normalized spacial score (nSPS) is 14.9. The largest absolute Gasteiger partial charge is 0.497 e. The highest BCUT2D eigenvalue weighted by molar-refractivity contribution is 5.92. The molecular weight excluding hydrogens is 328 g/mol. The van der Waals surface area contributed by atoms with Gasteiger partial charge in [-0.05, 0) is 36.4 Å². The van der Waals surface area contributed by atoms with Gasteiger partial charge in [0.25, 0.3) is 5.91 Å². The number of piperazine rings is 1. The number of carbonyl (C=O) groups excluding carboxylic acids is 1. The fraction of sp³-hybridized carbons (Fsp3) is 0.400. The number of nitrogens with zero attached hydrogens (tertiary/aromatic N) is 3. The van der Waals surface area contributed by atoms with Crippen LogP contribution >= 0.6 is 0 Å². The van der Waals surface area contributed by atoms with Crippen molar-refractivity contribution in [3.8, 4) is 5.75 Å². The molecule has 0 radical (unpaired) electrons. The highest BCUT2D eigenvalue weighted by Crippen LogP contribution is 2.14. The molecule has 0 unspecified atom stereocenters. The van der Waals surface area contributed by atoms with Crippen molar-refractivity contribution in [2.45, 2.75) is 13.5 Å². The van der Waals surface area contributed by atoms with Crippen molar-refractivity contribution in [2.75, 3.05) is 45.2 Å². The van der Waals surface area contributed by atoms with Gasteiger partial charge >= 0.3 is 0 Å². The molecule has 1 saturated heterocycles. The van der Waals surface area contributed by atoms with Crippen LogP contribution in [0.2, 0.25) is 0 Å². The van der Waals surface area contributed by atoms with Gasteiger partial charge in [0.2, 0.25) is 0 Å². The first-order valence-electron chi connectivity index (χ1n) is 9.04. The molecule has 1 fully saturated rings. The number of benzene rings is 1. The number of amides is 1. The third-order valence-electron chi connectivity index (χ3n) is 4.75. The van der Waals surface area contributed by atoms with Gasteiger partial charge in [-0.25, -0.2) is 4.98 Å². The van der Waals surface area contributed by atoms with Crippen LogP contribution in [0.4, 0.5) is 5.69 Å². The molecule has 0 atom stereocenters. The van der Waals surface area contributed by atoms with Crippen molar-refractivity contribution in [2.24, 2.45) is 0 Å². The zero-order chi connectivity index (χ0) is 18.4. The molecule has 1 aliphatic heterocycles. The smallest absolute Gasteiger partial charge is 0.272 e. The Morgan fingerprint density at radius 1 is 1.12 bits per heavy atom. The third-order valence-corrected chi connectivity index (χ3v) is 4.75. The summed E-state index contributed by atoms with van der Waals surface area (Å²) in [5.41, 5.74) is 2.55. The fourth-order valence-corrected chi connectivity index (χ4v) is 3.00. The molecule has 1 aromatic heterocycles. The van der Waals surface area contributed by atoms with Crippen molar-refractivity contribution in [3.05, 3.63) is 53.9 Å². The Morgan fingerprint density at radius 3 is 2.42 bits per heavy atom. The topological polar surface area (TPSA) is 57.7 Å². The summed E-state index contributed by atoms with van der Waals surface area (Å²) in [6.45, 7) is 7.29. The maximum atomic E-state index is 12.6. The predicted molar refractivity (Wildman–Crippen MR) is 103 cm³/mol. The molecule has 0 aliphatic carbocycles. The molecule has 138 valence electrons. The maximum absolute atomic E-state index is 12.6. The summed E-state index contributed by atoms with van der Waals surface area (Å²) in [4.78, 5) is 21.1. The van der Waals surface area contributed by atoms with Crippen molar-refractivity contribution in [3.63, 3.8) is 0 Å². The molecule has 0 bridgehead atoms. The standard InChI is InChI=1S/C20H26N4O2/c1-3-23-10-12-24(13-11-23)20(25)19-9-6-17(15-22-19)21-14-16-4-7-18(26-2)8-5-16/h4-9,15,21H,3,10-14H2,1-2H3. The monoisotopic (exact) mass is 354 g/mol. The van der Waals surface area contributed by atoms with E-state index in [1.807, 2.05) is 35.2 Å². The molecule has 26 heavy (non-hydrogen) atoms. The summed E-state index contributed by atoms with van der Waals surface area (Å²) in [5.74, 6) is 0.862. The molecule has 1 N–H and O–H groups in total. The summed E-state index contributed by atoms with van der Waals surface area (Å²) in [6, 6.07) is 11.6. The number of pyridine rings is 1. The molecule has 1 aliphatic rings. The lowest BCUT2D eigenvalue weighted by molar-refractivity contribution is 0.0637. The number of methoxy groups -OCH3 is 1. The van der Waals surface area contributed by atoms with Crippen LogP contribution in [0, 0.1) is 0 Å². The minimum Gasteiger partial charge on any atom is -0.497 e.